The average Bonchev–Trinajstić information content (AvgIpc) is 3.78. The third-order valence-corrected chi connectivity index (χ3v) is 10.3. The van der Waals surface area contributed by atoms with Crippen LogP contribution >= 0.6 is 0 Å². The van der Waals surface area contributed by atoms with E-state index < -0.39 is 6.04 Å². The normalized spacial score (nSPS) is 13.2. The van der Waals surface area contributed by atoms with Crippen LogP contribution in [0.5, 0.6) is 11.5 Å². The van der Waals surface area contributed by atoms with Gasteiger partial charge in [-0.2, -0.15) is 18.2 Å². The van der Waals surface area contributed by atoms with Gasteiger partial charge in [0.2, 0.25) is 0 Å². The number of aryl methyl sites for hydroxylation is 1. The second-order valence-corrected chi connectivity index (χ2v) is 16.3. The first-order valence-electron chi connectivity index (χ1n) is 21.3. The maximum absolute atomic E-state index is 8.55. The van der Waals surface area contributed by atoms with Gasteiger partial charge in [0.1, 0.15) is 5.82 Å². The first-order valence-corrected chi connectivity index (χ1v) is 18.8. The van der Waals surface area contributed by atoms with E-state index in [0.717, 1.165) is 44.2 Å². The summed E-state index contributed by atoms with van der Waals surface area (Å²) in [6, 6.07) is 40.1. The molecule has 0 spiro atoms. The summed E-state index contributed by atoms with van der Waals surface area (Å²) < 4.78 is 54.2. The fraction of sp³-hybridized carbons (Fsp3) is 0.176. The van der Waals surface area contributed by atoms with Crippen LogP contribution in [0, 0.1) is 25.4 Å². The second kappa shape index (κ2) is 14.6. The molecule has 0 atom stereocenters. The minimum atomic E-state index is -0.429. The zero-order valence-corrected chi connectivity index (χ0v) is 35.2. The Bertz CT molecular complexity index is 3170. The molecule has 0 aliphatic heterocycles. The molecule has 0 unspecified atom stereocenters. The summed E-state index contributed by atoms with van der Waals surface area (Å²) in [6.07, 6.45) is 5.23. The van der Waals surface area contributed by atoms with Crippen molar-refractivity contribution in [2.75, 3.05) is 0 Å². The van der Waals surface area contributed by atoms with Crippen molar-refractivity contribution in [2.24, 2.45) is 0 Å². The molecule has 0 aliphatic carbocycles. The van der Waals surface area contributed by atoms with Crippen LogP contribution in [-0.2, 0) is 31.9 Å². The van der Waals surface area contributed by atoms with Crippen molar-refractivity contribution < 1.29 is 37.2 Å². The molecule has 0 saturated heterocycles. The van der Waals surface area contributed by atoms with Gasteiger partial charge in [0.15, 0.2) is 0 Å². The summed E-state index contributed by atoms with van der Waals surface area (Å²) >= 11 is 0. The number of benzene rings is 6. The molecule has 0 bridgehead atoms. The van der Waals surface area contributed by atoms with Crippen molar-refractivity contribution in [3.63, 3.8) is 0 Å². The van der Waals surface area contributed by atoms with E-state index in [1.165, 1.54) is 11.1 Å². The van der Waals surface area contributed by atoms with Crippen LogP contribution in [0.1, 0.15) is 65.1 Å². The fourth-order valence-electron chi connectivity index (χ4n) is 7.26. The number of ether oxygens (including phenoxy) is 1. The Hall–Kier alpha value is -5.77. The van der Waals surface area contributed by atoms with Crippen LogP contribution < -0.4 is 9.30 Å². The minimum Gasteiger partial charge on any atom is -0.510 e. The quantitative estimate of drug-likeness (QED) is 0.123. The van der Waals surface area contributed by atoms with E-state index in [1.807, 2.05) is 76.7 Å². The van der Waals surface area contributed by atoms with E-state index in [1.54, 1.807) is 6.20 Å². The molecule has 6 aromatic carbocycles. The summed E-state index contributed by atoms with van der Waals surface area (Å²) in [7, 11) is 0. The van der Waals surface area contributed by atoms with Gasteiger partial charge in [0, 0.05) is 49.8 Å². The maximum atomic E-state index is 8.55. The van der Waals surface area contributed by atoms with Crippen molar-refractivity contribution in [3.8, 4) is 39.8 Å². The molecule has 0 amide bonds. The van der Waals surface area contributed by atoms with Gasteiger partial charge in [0.05, 0.1) is 23.6 Å². The van der Waals surface area contributed by atoms with E-state index in [0.29, 0.717) is 28.4 Å². The maximum Gasteiger partial charge on any atom is 0.268 e. The van der Waals surface area contributed by atoms with Gasteiger partial charge in [0.25, 0.3) is 6.33 Å². The molecule has 0 fully saturated rings. The molecule has 57 heavy (non-hydrogen) atoms. The summed E-state index contributed by atoms with van der Waals surface area (Å²) in [6.45, 7) is 15.3. The van der Waals surface area contributed by atoms with Crippen LogP contribution in [0.3, 0.4) is 0 Å². The molecule has 3 heterocycles. The van der Waals surface area contributed by atoms with Crippen LogP contribution in [0.25, 0.3) is 61.2 Å². The number of nitrogens with zero attached hydrogens (tertiary/aromatic N) is 4. The first-order chi connectivity index (χ1) is 29.0. The molecule has 0 radical (unpaired) electrons. The van der Waals surface area contributed by atoms with Crippen LogP contribution in [0.2, 0.25) is 0 Å². The first kappa shape index (κ1) is 32.3. The molecule has 9 aromatic rings. The average molecular weight is 929 g/mol. The smallest absolute Gasteiger partial charge is 0.268 e. The SMILES string of the molecule is [2H]c1c([2H])c([2H])c(-c2cnc(-n3c4[c-]c(Oc5[c-]c(-n6[c-][n+](-c7cc(C(C)(C)C)cc(C(C)(C)C)c7)c7ccccc76)ccc5)ccc4c4ccccc43)cc2C)c([2H])c1[2H].[Pt]. The number of pyridine rings is 1. The Morgan fingerprint density at radius 2 is 1.39 bits per heavy atom. The van der Waals surface area contributed by atoms with Crippen LogP contribution in [0.4, 0.5) is 0 Å². The van der Waals surface area contributed by atoms with Crippen molar-refractivity contribution in [2.45, 2.75) is 59.3 Å². The van der Waals surface area contributed by atoms with Crippen molar-refractivity contribution in [3.05, 3.63) is 175 Å². The predicted molar refractivity (Wildman–Crippen MR) is 228 cm³/mol. The van der Waals surface area contributed by atoms with Crippen molar-refractivity contribution in [1.82, 2.24) is 14.1 Å². The Kier molecular flexibility index (Phi) is 8.30. The van der Waals surface area contributed by atoms with E-state index in [2.05, 4.69) is 107 Å². The standard InChI is InChI=1S/C51H44N4O.Pt/c1-34-26-49(52-32-44(34)35-16-9-8-10-17-35)55-45-21-12-11-20-42(45)43-25-24-41(31-48(43)55)56-40-19-15-18-38(30-40)53-33-54(47-23-14-13-22-46(47)53)39-28-36(50(2,3)4)27-37(29-39)51(5,6)7;/h8-29,32H,1-7H3;/q-2;/i8D,9D,10D,16D,17D;. The van der Waals surface area contributed by atoms with Crippen LogP contribution in [0.15, 0.2) is 140 Å². The zero-order valence-electron chi connectivity index (χ0n) is 37.9. The number of para-hydroxylation sites is 3. The number of hydrogen-bond acceptors (Lipinski definition) is 2. The molecule has 9 rings (SSSR count). The van der Waals surface area contributed by atoms with Gasteiger partial charge >= 0.3 is 0 Å². The Labute approximate surface area is 356 Å². The van der Waals surface area contributed by atoms with Gasteiger partial charge in [-0.1, -0.05) is 126 Å². The summed E-state index contributed by atoms with van der Waals surface area (Å²) in [5.74, 6) is 1.59. The number of fused-ring (bicyclic) bond motifs is 4. The molecule has 5 nitrogen and oxygen atoms in total. The number of rotatable bonds is 6. The monoisotopic (exact) mass is 928 g/mol. The minimum absolute atomic E-state index is 0. The Balaban J connectivity index is 0.00000529. The van der Waals surface area contributed by atoms with Gasteiger partial charge in [-0.3, -0.25) is 4.57 Å². The molecule has 0 N–H and O–H groups in total. The Morgan fingerprint density at radius 3 is 2.11 bits per heavy atom. The molecule has 0 aliphatic rings. The molecule has 0 saturated carbocycles. The van der Waals surface area contributed by atoms with E-state index in [-0.39, 0.29) is 61.6 Å². The molecule has 3 aromatic heterocycles. The Morgan fingerprint density at radius 1 is 0.702 bits per heavy atom. The summed E-state index contributed by atoms with van der Waals surface area (Å²) in [5, 5.41) is 1.96. The van der Waals surface area contributed by atoms with Gasteiger partial charge < -0.3 is 13.9 Å². The van der Waals surface area contributed by atoms with Gasteiger partial charge in [-0.15, -0.1) is 29.7 Å². The molecule has 286 valence electrons. The predicted octanol–water partition coefficient (Wildman–Crippen LogP) is 12.2. The van der Waals surface area contributed by atoms with E-state index >= 15 is 0 Å². The molecular formula is C51H44N4OPt-2. The van der Waals surface area contributed by atoms with E-state index in [9.17, 15) is 0 Å². The number of aromatic nitrogens is 4. The van der Waals surface area contributed by atoms with Crippen molar-refractivity contribution in [1.29, 1.82) is 0 Å². The van der Waals surface area contributed by atoms with Gasteiger partial charge in [-0.25, -0.2) is 4.98 Å². The molecular weight excluding hydrogens is 880 g/mol. The second-order valence-electron chi connectivity index (χ2n) is 16.3. The van der Waals surface area contributed by atoms with Crippen LogP contribution in [-0.4, -0.2) is 14.1 Å². The largest absolute Gasteiger partial charge is 0.510 e. The number of hydrogen-bond donors (Lipinski definition) is 0. The van der Waals surface area contributed by atoms with Gasteiger partial charge in [-0.05, 0) is 75.3 Å². The summed E-state index contributed by atoms with van der Waals surface area (Å²) in [5.41, 5.74) is 9.21. The van der Waals surface area contributed by atoms with E-state index in [4.69, 9.17) is 16.6 Å². The fourth-order valence-corrected chi connectivity index (χ4v) is 7.26. The summed E-state index contributed by atoms with van der Waals surface area (Å²) in [4.78, 5) is 4.82. The third-order valence-electron chi connectivity index (χ3n) is 10.3. The third kappa shape index (κ3) is 7.11. The topological polar surface area (TPSA) is 35.9 Å². The number of imidazole rings is 1. The zero-order chi connectivity index (χ0) is 43.1. The van der Waals surface area contributed by atoms with Crippen molar-refractivity contribution >= 4 is 32.8 Å². The molecule has 6 heteroatoms.